The largest absolute Gasteiger partial charge is 0.306 e. The molecular formula is C17H18BrF2N. The van der Waals surface area contributed by atoms with Gasteiger partial charge in [-0.2, -0.15) is 0 Å². The topological polar surface area (TPSA) is 12.0 Å². The summed E-state index contributed by atoms with van der Waals surface area (Å²) in [5.74, 6) is -0.664. The van der Waals surface area contributed by atoms with Gasteiger partial charge in [-0.25, -0.2) is 8.78 Å². The minimum atomic E-state index is -0.522. The van der Waals surface area contributed by atoms with Gasteiger partial charge in [-0.05, 0) is 49.7 Å². The van der Waals surface area contributed by atoms with E-state index in [1.807, 2.05) is 26.8 Å². The highest BCUT2D eigenvalue weighted by molar-refractivity contribution is 9.10. The lowest BCUT2D eigenvalue weighted by Crippen LogP contribution is -2.25. The van der Waals surface area contributed by atoms with E-state index in [0.29, 0.717) is 22.1 Å². The van der Waals surface area contributed by atoms with Crippen LogP contribution in [0.25, 0.3) is 0 Å². The molecule has 2 aromatic rings. The second-order valence-corrected chi connectivity index (χ2v) is 5.96. The van der Waals surface area contributed by atoms with E-state index in [2.05, 4.69) is 21.2 Å². The van der Waals surface area contributed by atoms with Crippen LogP contribution in [0, 0.1) is 25.5 Å². The number of hydrogen-bond acceptors (Lipinski definition) is 1. The van der Waals surface area contributed by atoms with E-state index in [4.69, 9.17) is 0 Å². The highest BCUT2D eigenvalue weighted by atomic mass is 79.9. The van der Waals surface area contributed by atoms with E-state index >= 15 is 0 Å². The average Bonchev–Trinajstić information content (AvgIpc) is 2.37. The predicted octanol–water partition coefficient (Wildman–Crippen LogP) is 5.04. The summed E-state index contributed by atoms with van der Waals surface area (Å²) in [5.41, 5.74) is 2.60. The van der Waals surface area contributed by atoms with Crippen molar-refractivity contribution in [2.45, 2.75) is 26.8 Å². The number of hydrogen-bond donors (Lipinski definition) is 1. The van der Waals surface area contributed by atoms with Crippen LogP contribution in [0.4, 0.5) is 8.78 Å². The fourth-order valence-electron chi connectivity index (χ4n) is 2.63. The zero-order valence-corrected chi connectivity index (χ0v) is 13.9. The first kappa shape index (κ1) is 16.1. The van der Waals surface area contributed by atoms with E-state index in [-0.39, 0.29) is 11.6 Å². The molecule has 1 atom stereocenters. The second kappa shape index (κ2) is 6.67. The van der Waals surface area contributed by atoms with E-state index < -0.39 is 6.04 Å². The van der Waals surface area contributed by atoms with Crippen LogP contribution in [0.2, 0.25) is 0 Å². The quantitative estimate of drug-likeness (QED) is 0.811. The predicted molar refractivity (Wildman–Crippen MR) is 85.5 cm³/mol. The maximum absolute atomic E-state index is 14.5. The van der Waals surface area contributed by atoms with Crippen molar-refractivity contribution in [1.29, 1.82) is 0 Å². The van der Waals surface area contributed by atoms with Gasteiger partial charge in [0.2, 0.25) is 0 Å². The Hall–Kier alpha value is -1.26. The van der Waals surface area contributed by atoms with Gasteiger partial charge in [0.05, 0.1) is 6.04 Å². The molecule has 0 spiro atoms. The zero-order valence-electron chi connectivity index (χ0n) is 12.3. The van der Waals surface area contributed by atoms with Crippen LogP contribution >= 0.6 is 15.9 Å². The minimum absolute atomic E-state index is 0.311. The van der Waals surface area contributed by atoms with Crippen LogP contribution in [0.3, 0.4) is 0 Å². The first-order valence-corrected chi connectivity index (χ1v) is 7.69. The van der Waals surface area contributed by atoms with E-state index in [0.717, 1.165) is 11.1 Å². The Bertz CT molecular complexity index is 612. The van der Waals surface area contributed by atoms with Gasteiger partial charge < -0.3 is 5.32 Å². The summed E-state index contributed by atoms with van der Waals surface area (Å²) in [5, 5.41) is 3.19. The molecule has 0 saturated heterocycles. The van der Waals surface area contributed by atoms with E-state index in [1.165, 1.54) is 12.1 Å². The van der Waals surface area contributed by atoms with Gasteiger partial charge in [0.15, 0.2) is 0 Å². The summed E-state index contributed by atoms with van der Waals surface area (Å²) in [4.78, 5) is 0. The minimum Gasteiger partial charge on any atom is -0.306 e. The van der Waals surface area contributed by atoms with E-state index in [1.54, 1.807) is 12.1 Å². The summed E-state index contributed by atoms with van der Waals surface area (Å²) in [6.07, 6.45) is 0. The molecule has 0 radical (unpaired) electrons. The van der Waals surface area contributed by atoms with Crippen molar-refractivity contribution >= 4 is 15.9 Å². The molecule has 1 unspecified atom stereocenters. The molecule has 0 aromatic heterocycles. The second-order valence-electron chi connectivity index (χ2n) is 5.10. The van der Waals surface area contributed by atoms with Crippen LogP contribution < -0.4 is 5.32 Å². The van der Waals surface area contributed by atoms with Crippen molar-refractivity contribution in [3.8, 4) is 0 Å². The maximum Gasteiger partial charge on any atom is 0.129 e. The summed E-state index contributed by atoms with van der Waals surface area (Å²) < 4.78 is 29.3. The van der Waals surface area contributed by atoms with Crippen molar-refractivity contribution in [3.05, 3.63) is 68.7 Å². The summed E-state index contributed by atoms with van der Waals surface area (Å²) in [6.45, 7) is 6.23. The van der Waals surface area contributed by atoms with Gasteiger partial charge in [0, 0.05) is 15.6 Å². The molecule has 0 aliphatic rings. The normalized spacial score (nSPS) is 12.5. The Labute approximate surface area is 132 Å². The number of nitrogens with one attached hydrogen (secondary N) is 1. The van der Waals surface area contributed by atoms with Crippen molar-refractivity contribution < 1.29 is 8.78 Å². The molecule has 1 N–H and O–H groups in total. The molecular weight excluding hydrogens is 336 g/mol. The molecule has 2 rings (SSSR count). The van der Waals surface area contributed by atoms with Crippen molar-refractivity contribution in [2.75, 3.05) is 6.54 Å². The molecule has 0 bridgehead atoms. The molecule has 1 nitrogen and oxygen atoms in total. The molecule has 4 heteroatoms. The van der Waals surface area contributed by atoms with Gasteiger partial charge in [-0.3, -0.25) is 0 Å². The monoisotopic (exact) mass is 353 g/mol. The lowest BCUT2D eigenvalue weighted by Gasteiger charge is -2.23. The highest BCUT2D eigenvalue weighted by Crippen LogP contribution is 2.34. The highest BCUT2D eigenvalue weighted by Gasteiger charge is 2.24. The lowest BCUT2D eigenvalue weighted by atomic mass is 9.93. The Balaban J connectivity index is 2.65. The van der Waals surface area contributed by atoms with Crippen LogP contribution in [0.5, 0.6) is 0 Å². The van der Waals surface area contributed by atoms with Crippen molar-refractivity contribution in [1.82, 2.24) is 5.32 Å². The van der Waals surface area contributed by atoms with Gasteiger partial charge in [0.25, 0.3) is 0 Å². The molecule has 0 heterocycles. The third kappa shape index (κ3) is 3.33. The molecule has 0 saturated carbocycles. The molecule has 2 aromatic carbocycles. The zero-order chi connectivity index (χ0) is 15.6. The third-order valence-electron chi connectivity index (χ3n) is 3.47. The van der Waals surface area contributed by atoms with Crippen LogP contribution in [0.15, 0.2) is 34.8 Å². The van der Waals surface area contributed by atoms with Crippen molar-refractivity contribution in [3.63, 3.8) is 0 Å². The molecule has 0 aliphatic carbocycles. The molecule has 112 valence electrons. The fourth-order valence-corrected chi connectivity index (χ4v) is 3.20. The van der Waals surface area contributed by atoms with E-state index in [9.17, 15) is 8.78 Å². The standard InChI is InChI=1S/C17H18BrF2N/c1-4-21-17(16-12(18)6-5-7-13(16)19)15-11(3)8-10(2)9-14(15)20/h5-9,17,21H,4H2,1-3H3. The van der Waals surface area contributed by atoms with Gasteiger partial charge in [-0.1, -0.05) is 35.0 Å². The van der Waals surface area contributed by atoms with Gasteiger partial charge in [0.1, 0.15) is 11.6 Å². The van der Waals surface area contributed by atoms with Crippen LogP contribution in [-0.2, 0) is 0 Å². The fraction of sp³-hybridized carbons (Fsp3) is 0.294. The Kier molecular flexibility index (Phi) is 5.12. The summed E-state index contributed by atoms with van der Waals surface area (Å²) in [7, 11) is 0. The van der Waals surface area contributed by atoms with Crippen LogP contribution in [0.1, 0.15) is 35.2 Å². The van der Waals surface area contributed by atoms with Crippen LogP contribution in [-0.4, -0.2) is 6.54 Å². The first-order chi connectivity index (χ1) is 9.95. The number of aryl methyl sites for hydroxylation is 2. The average molecular weight is 354 g/mol. The molecule has 21 heavy (non-hydrogen) atoms. The van der Waals surface area contributed by atoms with Crippen molar-refractivity contribution in [2.24, 2.45) is 0 Å². The number of benzene rings is 2. The number of rotatable bonds is 4. The van der Waals surface area contributed by atoms with Gasteiger partial charge >= 0.3 is 0 Å². The Morgan fingerprint density at radius 1 is 1.10 bits per heavy atom. The smallest absolute Gasteiger partial charge is 0.129 e. The first-order valence-electron chi connectivity index (χ1n) is 6.89. The molecule has 0 amide bonds. The Morgan fingerprint density at radius 3 is 2.38 bits per heavy atom. The number of halogens is 3. The summed E-state index contributed by atoms with van der Waals surface area (Å²) >= 11 is 3.38. The third-order valence-corrected chi connectivity index (χ3v) is 4.16. The SMILES string of the molecule is CCNC(c1c(C)cc(C)cc1F)c1c(F)cccc1Br. The lowest BCUT2D eigenvalue weighted by molar-refractivity contribution is 0.526. The molecule has 0 aliphatic heterocycles. The van der Waals surface area contributed by atoms with Gasteiger partial charge in [-0.15, -0.1) is 0 Å². The summed E-state index contributed by atoms with van der Waals surface area (Å²) in [6, 6.07) is 7.67. The maximum atomic E-state index is 14.5. The molecule has 0 fully saturated rings. The Morgan fingerprint density at radius 2 is 1.81 bits per heavy atom.